The van der Waals surface area contributed by atoms with E-state index in [9.17, 15) is 4.79 Å². The molecule has 1 aromatic heterocycles. The Morgan fingerprint density at radius 3 is 3.12 bits per heavy atom. The van der Waals surface area contributed by atoms with Gasteiger partial charge in [-0.15, -0.1) is 5.10 Å². The monoisotopic (exact) mass is 222 g/mol. The van der Waals surface area contributed by atoms with Gasteiger partial charge < -0.3 is 0 Å². The van der Waals surface area contributed by atoms with Gasteiger partial charge in [0.05, 0.1) is 12.7 Å². The zero-order valence-electron chi connectivity index (χ0n) is 9.67. The van der Waals surface area contributed by atoms with Crippen molar-refractivity contribution in [1.82, 2.24) is 19.9 Å². The topological polar surface area (TPSA) is 51.0 Å². The van der Waals surface area contributed by atoms with Crippen molar-refractivity contribution in [3.05, 3.63) is 11.9 Å². The lowest BCUT2D eigenvalue weighted by Crippen LogP contribution is -2.41. The van der Waals surface area contributed by atoms with E-state index in [1.54, 1.807) is 10.9 Å². The molecule has 0 N–H and O–H groups in total. The zero-order valence-corrected chi connectivity index (χ0v) is 9.67. The number of nitrogens with zero attached hydrogens (tertiary/aromatic N) is 4. The number of piperidine rings is 1. The van der Waals surface area contributed by atoms with Crippen LogP contribution in [-0.2, 0) is 6.54 Å². The number of carbonyl (C=O) groups is 1. The van der Waals surface area contributed by atoms with E-state index in [1.165, 1.54) is 25.8 Å². The number of carbonyl (C=O) groups excluding carboxylic acids is 1. The average Bonchev–Trinajstić information content (AvgIpc) is 2.77. The van der Waals surface area contributed by atoms with Gasteiger partial charge in [-0.2, -0.15) is 0 Å². The van der Waals surface area contributed by atoms with Gasteiger partial charge in [0.1, 0.15) is 5.69 Å². The van der Waals surface area contributed by atoms with Crippen molar-refractivity contribution in [2.75, 3.05) is 13.1 Å². The Bertz CT molecular complexity index is 350. The lowest BCUT2D eigenvalue weighted by molar-refractivity contribution is 0.111. The maximum Gasteiger partial charge on any atom is 0.171 e. The number of likely N-dealkylation sites (N-methyl/N-ethyl adjacent to an activating group) is 1. The number of aromatic nitrogens is 3. The highest BCUT2D eigenvalue weighted by Crippen LogP contribution is 2.17. The van der Waals surface area contributed by atoms with Gasteiger partial charge in [0, 0.05) is 6.04 Å². The van der Waals surface area contributed by atoms with Crippen LogP contribution in [0.2, 0.25) is 0 Å². The standard InChI is InChI=1S/C11H18N4O/c1-2-14-6-4-3-5-11(14)8-15-7-10(9-16)12-13-15/h7,9,11H,2-6,8H2,1H3. The van der Waals surface area contributed by atoms with Crippen LogP contribution in [0, 0.1) is 0 Å². The molecule has 2 heterocycles. The molecule has 2 rings (SSSR count). The van der Waals surface area contributed by atoms with Crippen LogP contribution in [0.4, 0.5) is 0 Å². The quantitative estimate of drug-likeness (QED) is 0.712. The van der Waals surface area contributed by atoms with Crippen molar-refractivity contribution in [3.63, 3.8) is 0 Å². The van der Waals surface area contributed by atoms with Crippen molar-refractivity contribution >= 4 is 6.29 Å². The summed E-state index contributed by atoms with van der Waals surface area (Å²) in [5, 5.41) is 7.74. The highest BCUT2D eigenvalue weighted by molar-refractivity contribution is 5.70. The minimum absolute atomic E-state index is 0.416. The summed E-state index contributed by atoms with van der Waals surface area (Å²) >= 11 is 0. The Balaban J connectivity index is 1.98. The van der Waals surface area contributed by atoms with Crippen LogP contribution in [0.3, 0.4) is 0 Å². The molecular weight excluding hydrogens is 204 g/mol. The van der Waals surface area contributed by atoms with E-state index in [0.29, 0.717) is 11.7 Å². The van der Waals surface area contributed by atoms with E-state index in [4.69, 9.17) is 0 Å². The highest BCUT2D eigenvalue weighted by Gasteiger charge is 2.21. The highest BCUT2D eigenvalue weighted by atomic mass is 16.1. The van der Waals surface area contributed by atoms with Gasteiger partial charge >= 0.3 is 0 Å². The van der Waals surface area contributed by atoms with E-state index >= 15 is 0 Å². The van der Waals surface area contributed by atoms with Crippen LogP contribution in [-0.4, -0.2) is 45.3 Å². The van der Waals surface area contributed by atoms with Gasteiger partial charge in [-0.3, -0.25) is 14.4 Å². The Morgan fingerprint density at radius 1 is 1.56 bits per heavy atom. The maximum absolute atomic E-state index is 10.5. The molecular formula is C11H18N4O. The minimum Gasteiger partial charge on any atom is -0.299 e. The zero-order chi connectivity index (χ0) is 11.4. The van der Waals surface area contributed by atoms with Crippen molar-refractivity contribution < 1.29 is 4.79 Å². The summed E-state index contributed by atoms with van der Waals surface area (Å²) in [4.78, 5) is 13.0. The van der Waals surface area contributed by atoms with Gasteiger partial charge in [0.15, 0.2) is 6.29 Å². The summed E-state index contributed by atoms with van der Waals surface area (Å²) in [5.74, 6) is 0. The molecule has 0 spiro atoms. The normalized spacial score (nSPS) is 22.2. The van der Waals surface area contributed by atoms with Crippen molar-refractivity contribution in [2.24, 2.45) is 0 Å². The molecule has 16 heavy (non-hydrogen) atoms. The fourth-order valence-corrected chi connectivity index (χ4v) is 2.36. The number of likely N-dealkylation sites (tertiary alicyclic amines) is 1. The Kier molecular flexibility index (Phi) is 3.66. The van der Waals surface area contributed by atoms with Crippen LogP contribution >= 0.6 is 0 Å². The first-order chi connectivity index (χ1) is 7.83. The second-order valence-electron chi connectivity index (χ2n) is 4.26. The molecule has 0 bridgehead atoms. The summed E-state index contributed by atoms with van der Waals surface area (Å²) in [6, 6.07) is 0.542. The summed E-state index contributed by atoms with van der Waals surface area (Å²) in [7, 11) is 0. The van der Waals surface area contributed by atoms with Gasteiger partial charge in [-0.25, -0.2) is 0 Å². The summed E-state index contributed by atoms with van der Waals surface area (Å²) in [6.07, 6.45) is 6.25. The van der Waals surface area contributed by atoms with E-state index in [2.05, 4.69) is 22.1 Å². The Morgan fingerprint density at radius 2 is 2.44 bits per heavy atom. The third-order valence-electron chi connectivity index (χ3n) is 3.23. The van der Waals surface area contributed by atoms with E-state index in [0.717, 1.165) is 19.4 Å². The summed E-state index contributed by atoms with van der Waals surface area (Å²) < 4.78 is 1.78. The molecule has 1 atom stereocenters. The smallest absolute Gasteiger partial charge is 0.171 e. The van der Waals surface area contributed by atoms with Crippen LogP contribution in [0.5, 0.6) is 0 Å². The van der Waals surface area contributed by atoms with E-state index < -0.39 is 0 Å². The number of aldehydes is 1. The second-order valence-corrected chi connectivity index (χ2v) is 4.26. The molecule has 0 saturated carbocycles. The first kappa shape index (κ1) is 11.3. The van der Waals surface area contributed by atoms with Crippen molar-refractivity contribution in [2.45, 2.75) is 38.8 Å². The SMILES string of the molecule is CCN1CCCCC1Cn1cc(C=O)nn1. The molecule has 0 aromatic carbocycles. The summed E-state index contributed by atoms with van der Waals surface area (Å²) in [6.45, 7) is 5.29. The van der Waals surface area contributed by atoms with Gasteiger partial charge in [-0.1, -0.05) is 18.6 Å². The molecule has 5 nitrogen and oxygen atoms in total. The summed E-state index contributed by atoms with van der Waals surface area (Å²) in [5.41, 5.74) is 0.416. The first-order valence-electron chi connectivity index (χ1n) is 5.93. The largest absolute Gasteiger partial charge is 0.299 e. The molecule has 5 heteroatoms. The van der Waals surface area contributed by atoms with Crippen LogP contribution < -0.4 is 0 Å². The van der Waals surface area contributed by atoms with Crippen molar-refractivity contribution in [1.29, 1.82) is 0 Å². The third kappa shape index (κ3) is 2.47. The fourth-order valence-electron chi connectivity index (χ4n) is 2.36. The molecule has 1 aliphatic rings. The van der Waals surface area contributed by atoms with E-state index in [1.807, 2.05) is 0 Å². The second kappa shape index (κ2) is 5.21. The molecule has 1 aromatic rings. The molecule has 1 fully saturated rings. The van der Waals surface area contributed by atoms with Gasteiger partial charge in [0.2, 0.25) is 0 Å². The number of hydrogen-bond acceptors (Lipinski definition) is 4. The Hall–Kier alpha value is -1.23. The van der Waals surface area contributed by atoms with Crippen molar-refractivity contribution in [3.8, 4) is 0 Å². The van der Waals surface area contributed by atoms with Crippen LogP contribution in [0.1, 0.15) is 36.7 Å². The van der Waals surface area contributed by atoms with E-state index in [-0.39, 0.29) is 0 Å². The lowest BCUT2D eigenvalue weighted by atomic mass is 10.0. The maximum atomic E-state index is 10.5. The fraction of sp³-hybridized carbons (Fsp3) is 0.727. The molecule has 1 aliphatic heterocycles. The lowest BCUT2D eigenvalue weighted by Gasteiger charge is -2.34. The molecule has 88 valence electrons. The average molecular weight is 222 g/mol. The number of hydrogen-bond donors (Lipinski definition) is 0. The third-order valence-corrected chi connectivity index (χ3v) is 3.23. The molecule has 1 unspecified atom stereocenters. The predicted octanol–water partition coefficient (Wildman–Crippen LogP) is 0.965. The minimum atomic E-state index is 0.416. The number of rotatable bonds is 4. The molecule has 0 amide bonds. The van der Waals surface area contributed by atoms with Gasteiger partial charge in [-0.05, 0) is 25.9 Å². The molecule has 0 radical (unpaired) electrons. The molecule has 1 saturated heterocycles. The molecule has 0 aliphatic carbocycles. The van der Waals surface area contributed by atoms with Gasteiger partial charge in [0.25, 0.3) is 0 Å². The van der Waals surface area contributed by atoms with Crippen LogP contribution in [0.25, 0.3) is 0 Å². The predicted molar refractivity (Wildman–Crippen MR) is 60.3 cm³/mol. The van der Waals surface area contributed by atoms with Crippen LogP contribution in [0.15, 0.2) is 6.20 Å². The first-order valence-corrected chi connectivity index (χ1v) is 5.93. The Labute approximate surface area is 95.4 Å².